The topological polar surface area (TPSA) is 52.9 Å². The van der Waals surface area contributed by atoms with Gasteiger partial charge in [0.05, 0.1) is 19.2 Å². The molecule has 0 spiro atoms. The number of para-hydroxylation sites is 1. The number of hydrogen-bond acceptors (Lipinski definition) is 4. The highest BCUT2D eigenvalue weighted by atomic mass is 16.7. The number of allylic oxidation sites excluding steroid dienone is 1. The average Bonchev–Trinajstić information content (AvgIpc) is 3.36. The zero-order valence-electron chi connectivity index (χ0n) is 16.3. The predicted molar refractivity (Wildman–Crippen MR) is 110 cm³/mol. The Morgan fingerprint density at radius 1 is 1.31 bits per heavy atom. The molecule has 2 aliphatic rings. The summed E-state index contributed by atoms with van der Waals surface area (Å²) in [5.74, 6) is 2.03. The van der Waals surface area contributed by atoms with Gasteiger partial charge in [-0.3, -0.25) is 4.79 Å². The van der Waals surface area contributed by atoms with Gasteiger partial charge in [0, 0.05) is 35.8 Å². The molecule has 0 radical (unpaired) electrons. The molecule has 1 amide bonds. The lowest BCUT2D eigenvalue weighted by molar-refractivity contribution is 0.0734. The van der Waals surface area contributed by atoms with Crippen LogP contribution in [0, 0.1) is 0 Å². The molecule has 0 atom stereocenters. The van der Waals surface area contributed by atoms with Gasteiger partial charge in [0.15, 0.2) is 11.5 Å². The Kier molecular flexibility index (Phi) is 4.19. The molecular formula is C23H22N2O4. The summed E-state index contributed by atoms with van der Waals surface area (Å²) in [5.41, 5.74) is 3.88. The lowest BCUT2D eigenvalue weighted by Gasteiger charge is -2.30. The maximum Gasteiger partial charge on any atom is 0.256 e. The van der Waals surface area contributed by atoms with E-state index in [1.807, 2.05) is 47.5 Å². The minimum absolute atomic E-state index is 0.0226. The van der Waals surface area contributed by atoms with Crippen molar-refractivity contribution in [2.24, 2.45) is 0 Å². The van der Waals surface area contributed by atoms with Crippen molar-refractivity contribution in [2.75, 3.05) is 20.4 Å². The molecule has 3 aromatic rings. The third-order valence-corrected chi connectivity index (χ3v) is 5.65. The van der Waals surface area contributed by atoms with E-state index < -0.39 is 0 Å². The number of carbonyl (C=O) groups is 1. The highest BCUT2D eigenvalue weighted by Gasteiger charge is 2.31. The Hall–Kier alpha value is -3.41. The van der Waals surface area contributed by atoms with Crippen molar-refractivity contribution in [3.8, 4) is 17.2 Å². The average molecular weight is 390 g/mol. The molecule has 0 fully saturated rings. The van der Waals surface area contributed by atoms with Crippen molar-refractivity contribution in [1.82, 2.24) is 9.47 Å². The summed E-state index contributed by atoms with van der Waals surface area (Å²) in [6, 6.07) is 9.99. The molecule has 29 heavy (non-hydrogen) atoms. The van der Waals surface area contributed by atoms with E-state index in [9.17, 15) is 4.79 Å². The van der Waals surface area contributed by atoms with E-state index in [1.165, 1.54) is 0 Å². The van der Waals surface area contributed by atoms with Gasteiger partial charge in [0.25, 0.3) is 5.91 Å². The van der Waals surface area contributed by atoms with Gasteiger partial charge >= 0.3 is 0 Å². The van der Waals surface area contributed by atoms with Crippen molar-refractivity contribution in [3.63, 3.8) is 0 Å². The minimum atomic E-state index is 0.0226. The number of rotatable bonds is 4. The predicted octanol–water partition coefficient (Wildman–Crippen LogP) is 3.76. The van der Waals surface area contributed by atoms with E-state index >= 15 is 0 Å². The molecule has 1 aromatic heterocycles. The molecule has 148 valence electrons. The fourth-order valence-electron chi connectivity index (χ4n) is 4.29. The van der Waals surface area contributed by atoms with Gasteiger partial charge in [-0.15, -0.1) is 6.58 Å². The monoisotopic (exact) mass is 390 g/mol. The van der Waals surface area contributed by atoms with Crippen LogP contribution in [-0.2, 0) is 19.5 Å². The van der Waals surface area contributed by atoms with Gasteiger partial charge < -0.3 is 23.7 Å². The number of aromatic nitrogens is 1. The van der Waals surface area contributed by atoms with Gasteiger partial charge in [-0.1, -0.05) is 24.3 Å². The van der Waals surface area contributed by atoms with Crippen LogP contribution in [0.15, 0.2) is 49.2 Å². The largest absolute Gasteiger partial charge is 0.492 e. The first-order valence-electron chi connectivity index (χ1n) is 9.67. The van der Waals surface area contributed by atoms with Crippen molar-refractivity contribution in [1.29, 1.82) is 0 Å². The van der Waals surface area contributed by atoms with Crippen LogP contribution in [0.2, 0.25) is 0 Å². The van der Waals surface area contributed by atoms with Crippen LogP contribution in [0.3, 0.4) is 0 Å². The van der Waals surface area contributed by atoms with Gasteiger partial charge in [0.1, 0.15) is 0 Å². The summed E-state index contributed by atoms with van der Waals surface area (Å²) in [7, 11) is 1.63. The fraction of sp³-hybridized carbons (Fsp3) is 0.261. The van der Waals surface area contributed by atoms with E-state index in [1.54, 1.807) is 7.11 Å². The molecule has 3 heterocycles. The smallest absolute Gasteiger partial charge is 0.256 e. The minimum Gasteiger partial charge on any atom is -0.492 e. The summed E-state index contributed by atoms with van der Waals surface area (Å²) in [5, 5.41) is 0.961. The summed E-state index contributed by atoms with van der Waals surface area (Å²) in [6.45, 7) is 5.81. The molecular weight excluding hydrogens is 368 g/mol. The lowest BCUT2D eigenvalue weighted by atomic mass is 9.97. The van der Waals surface area contributed by atoms with Gasteiger partial charge in [0.2, 0.25) is 12.5 Å². The van der Waals surface area contributed by atoms with Gasteiger partial charge in [-0.2, -0.15) is 0 Å². The second-order valence-electron chi connectivity index (χ2n) is 7.26. The van der Waals surface area contributed by atoms with Crippen LogP contribution < -0.4 is 14.2 Å². The number of hydrogen-bond donors (Lipinski definition) is 0. The molecule has 0 unspecified atom stereocenters. The van der Waals surface area contributed by atoms with Crippen molar-refractivity contribution < 1.29 is 19.0 Å². The molecule has 0 saturated heterocycles. The summed E-state index contributed by atoms with van der Waals surface area (Å²) < 4.78 is 18.8. The summed E-state index contributed by atoms with van der Waals surface area (Å²) >= 11 is 0. The van der Waals surface area contributed by atoms with Gasteiger partial charge in [-0.05, 0) is 24.1 Å². The fourth-order valence-corrected chi connectivity index (χ4v) is 4.29. The number of methoxy groups -OCH3 is 1. The Bertz CT molecular complexity index is 1130. The normalized spacial score (nSPS) is 14.7. The Labute approximate surface area is 168 Å². The molecule has 6 heteroatoms. The van der Waals surface area contributed by atoms with Crippen LogP contribution >= 0.6 is 0 Å². The molecule has 0 saturated carbocycles. The van der Waals surface area contributed by atoms with E-state index in [0.29, 0.717) is 42.4 Å². The van der Waals surface area contributed by atoms with Gasteiger partial charge in [-0.25, -0.2) is 0 Å². The van der Waals surface area contributed by atoms with Crippen molar-refractivity contribution in [3.05, 3.63) is 65.9 Å². The maximum absolute atomic E-state index is 13.5. The number of fused-ring (bicyclic) bond motifs is 3. The first-order chi connectivity index (χ1) is 14.2. The highest BCUT2D eigenvalue weighted by Crippen LogP contribution is 2.46. The van der Waals surface area contributed by atoms with E-state index in [4.69, 9.17) is 14.2 Å². The molecule has 2 aromatic carbocycles. The summed E-state index contributed by atoms with van der Waals surface area (Å²) in [4.78, 5) is 15.3. The number of carbonyl (C=O) groups excluding carboxylic acids is 1. The van der Waals surface area contributed by atoms with Crippen LogP contribution in [0.1, 0.15) is 21.5 Å². The molecule has 0 N–H and O–H groups in total. The first-order valence-corrected chi connectivity index (χ1v) is 9.67. The Balaban J connectivity index is 1.52. The quantitative estimate of drug-likeness (QED) is 0.637. The molecule has 5 rings (SSSR count). The van der Waals surface area contributed by atoms with Crippen LogP contribution in [0.4, 0.5) is 0 Å². The van der Waals surface area contributed by atoms with E-state index in [-0.39, 0.29) is 12.7 Å². The summed E-state index contributed by atoms with van der Waals surface area (Å²) in [6.07, 6.45) is 4.52. The number of amides is 1. The van der Waals surface area contributed by atoms with Crippen molar-refractivity contribution in [2.45, 2.75) is 19.5 Å². The second kappa shape index (κ2) is 6.88. The first kappa shape index (κ1) is 17.7. The maximum atomic E-state index is 13.5. The molecule has 0 aliphatic carbocycles. The van der Waals surface area contributed by atoms with E-state index in [2.05, 4.69) is 11.1 Å². The van der Waals surface area contributed by atoms with Crippen LogP contribution in [0.25, 0.3) is 10.9 Å². The third-order valence-electron chi connectivity index (χ3n) is 5.65. The lowest BCUT2D eigenvalue weighted by Crippen LogP contribution is -2.36. The van der Waals surface area contributed by atoms with Crippen LogP contribution in [-0.4, -0.2) is 35.8 Å². The number of benzene rings is 2. The van der Waals surface area contributed by atoms with Crippen molar-refractivity contribution >= 4 is 16.8 Å². The molecule has 2 aliphatic heterocycles. The Morgan fingerprint density at radius 2 is 2.17 bits per heavy atom. The number of ether oxygens (including phenoxy) is 3. The van der Waals surface area contributed by atoms with E-state index in [0.717, 1.165) is 28.5 Å². The highest BCUT2D eigenvalue weighted by molar-refractivity contribution is 6.07. The SMILES string of the molecule is C=CCn1cc(C(=O)N2CCc3cc4c(c(OC)c3C2)OCO4)c2ccccc21. The zero-order chi connectivity index (χ0) is 20.0. The Morgan fingerprint density at radius 3 is 3.00 bits per heavy atom. The third kappa shape index (κ3) is 2.75. The molecule has 6 nitrogen and oxygen atoms in total. The molecule has 0 bridgehead atoms. The standard InChI is InChI=1S/C23H22N2O4/c1-3-9-24-13-18(16-6-4-5-7-19(16)24)23(26)25-10-8-15-11-20-22(29-14-28-20)21(27-2)17(15)12-25/h3-7,11,13H,1,8-10,12,14H2,2H3. The van der Waals surface area contributed by atoms with Crippen LogP contribution in [0.5, 0.6) is 17.2 Å². The zero-order valence-corrected chi connectivity index (χ0v) is 16.3. The number of nitrogens with zero attached hydrogens (tertiary/aromatic N) is 2. The second-order valence-corrected chi connectivity index (χ2v) is 7.26.